The van der Waals surface area contributed by atoms with Gasteiger partial charge in [-0.05, 0) is 55.8 Å². The van der Waals surface area contributed by atoms with Gasteiger partial charge in [-0.3, -0.25) is 4.90 Å². The fourth-order valence-electron chi connectivity index (χ4n) is 3.38. The predicted octanol–water partition coefficient (Wildman–Crippen LogP) is 3.00. The summed E-state index contributed by atoms with van der Waals surface area (Å²) in [6, 6.07) is 11.8. The molecule has 5 nitrogen and oxygen atoms in total. The number of ether oxygens (including phenoxy) is 1. The number of anilines is 1. The van der Waals surface area contributed by atoms with Gasteiger partial charge in [0.2, 0.25) is 0 Å². The third kappa shape index (κ3) is 5.58. The minimum atomic E-state index is -0.381. The van der Waals surface area contributed by atoms with E-state index >= 15 is 0 Å². The maximum Gasteiger partial charge on any atom is 0.165 e. The van der Waals surface area contributed by atoms with Crippen LogP contribution < -0.4 is 9.64 Å². The lowest BCUT2D eigenvalue weighted by molar-refractivity contribution is 0.231. The van der Waals surface area contributed by atoms with Crippen LogP contribution in [0, 0.1) is 5.82 Å². The normalized spacial score (nSPS) is 14.4. The van der Waals surface area contributed by atoms with Crippen molar-refractivity contribution < 1.29 is 19.3 Å². The summed E-state index contributed by atoms with van der Waals surface area (Å²) in [5.41, 5.74) is 1.55. The Morgan fingerprint density at radius 3 is 2.63 bits per heavy atom. The van der Waals surface area contributed by atoms with Gasteiger partial charge in [-0.15, -0.1) is 0 Å². The van der Waals surface area contributed by atoms with E-state index in [0.717, 1.165) is 30.9 Å². The van der Waals surface area contributed by atoms with Gasteiger partial charge < -0.3 is 19.8 Å². The number of hydrogen-bond acceptors (Lipinski definition) is 5. The molecule has 0 unspecified atom stereocenters. The van der Waals surface area contributed by atoms with E-state index in [1.54, 1.807) is 24.3 Å². The molecule has 2 aromatic rings. The summed E-state index contributed by atoms with van der Waals surface area (Å²) in [5.74, 6) is 0.0427. The van der Waals surface area contributed by atoms with Crippen LogP contribution in [0.2, 0.25) is 0 Å². The largest absolute Gasteiger partial charge is 0.508 e. The van der Waals surface area contributed by atoms with E-state index in [9.17, 15) is 14.6 Å². The van der Waals surface area contributed by atoms with E-state index in [2.05, 4.69) is 4.90 Å². The molecular formula is C21H27FN2O3. The molecule has 2 N–H and O–H groups in total. The Morgan fingerprint density at radius 2 is 1.93 bits per heavy atom. The molecule has 0 bridgehead atoms. The summed E-state index contributed by atoms with van der Waals surface area (Å²) in [7, 11) is 0. The smallest absolute Gasteiger partial charge is 0.165 e. The minimum absolute atomic E-state index is 0.0319. The third-order valence-electron chi connectivity index (χ3n) is 4.80. The number of aliphatic hydroxyl groups excluding tert-OH is 1. The second-order valence-corrected chi connectivity index (χ2v) is 6.83. The first-order valence-corrected chi connectivity index (χ1v) is 9.44. The van der Waals surface area contributed by atoms with Gasteiger partial charge >= 0.3 is 0 Å². The summed E-state index contributed by atoms with van der Waals surface area (Å²) in [5, 5.41) is 19.0. The minimum Gasteiger partial charge on any atom is -0.508 e. The number of likely N-dealkylation sites (tertiary alicyclic amines) is 1. The van der Waals surface area contributed by atoms with Crippen molar-refractivity contribution in [3.05, 3.63) is 53.8 Å². The molecule has 0 amide bonds. The Morgan fingerprint density at radius 1 is 1.11 bits per heavy atom. The summed E-state index contributed by atoms with van der Waals surface area (Å²) in [6.45, 7) is 4.28. The average Bonchev–Trinajstić information content (AvgIpc) is 3.17. The molecule has 2 aromatic carbocycles. The number of phenols is 1. The fraction of sp³-hybridized carbons (Fsp3) is 0.429. The average molecular weight is 374 g/mol. The zero-order valence-electron chi connectivity index (χ0n) is 15.5. The van der Waals surface area contributed by atoms with Crippen molar-refractivity contribution in [1.29, 1.82) is 0 Å². The predicted molar refractivity (Wildman–Crippen MR) is 104 cm³/mol. The quantitative estimate of drug-likeness (QED) is 0.707. The first kappa shape index (κ1) is 19.5. The molecule has 1 heterocycles. The van der Waals surface area contributed by atoms with E-state index in [1.807, 2.05) is 17.0 Å². The molecule has 0 aliphatic carbocycles. The number of nitrogens with zero attached hydrogens (tertiary/aromatic N) is 2. The van der Waals surface area contributed by atoms with Crippen LogP contribution in [0.25, 0.3) is 0 Å². The molecule has 0 spiro atoms. The monoisotopic (exact) mass is 374 g/mol. The van der Waals surface area contributed by atoms with Crippen LogP contribution in [0.15, 0.2) is 42.5 Å². The molecule has 1 aliphatic heterocycles. The van der Waals surface area contributed by atoms with Crippen LogP contribution in [0.3, 0.4) is 0 Å². The number of benzene rings is 2. The second kappa shape index (κ2) is 9.58. The standard InChI is InChI=1S/C21H27FN2O3/c22-20-14-17(6-7-21(20)27-13-11-23-8-1-2-9-23)16-24(10-12-25)18-4-3-5-19(26)15-18/h3-7,14-15,25-26H,1-2,8-13,16H2. The molecule has 146 valence electrons. The van der Waals surface area contributed by atoms with Gasteiger partial charge in [0.15, 0.2) is 11.6 Å². The summed E-state index contributed by atoms with van der Waals surface area (Å²) in [4.78, 5) is 4.22. The summed E-state index contributed by atoms with van der Waals surface area (Å²) >= 11 is 0. The van der Waals surface area contributed by atoms with Crippen molar-refractivity contribution in [1.82, 2.24) is 4.90 Å². The van der Waals surface area contributed by atoms with Crippen LogP contribution in [0.5, 0.6) is 11.5 Å². The number of rotatable bonds is 9. The lowest BCUT2D eigenvalue weighted by Crippen LogP contribution is -2.26. The lowest BCUT2D eigenvalue weighted by Gasteiger charge is -2.24. The van der Waals surface area contributed by atoms with Gasteiger partial charge in [-0.25, -0.2) is 4.39 Å². The lowest BCUT2D eigenvalue weighted by atomic mass is 10.1. The molecule has 27 heavy (non-hydrogen) atoms. The highest BCUT2D eigenvalue weighted by Crippen LogP contribution is 2.24. The first-order valence-electron chi connectivity index (χ1n) is 9.44. The highest BCUT2D eigenvalue weighted by molar-refractivity contribution is 5.51. The highest BCUT2D eigenvalue weighted by Gasteiger charge is 2.13. The molecule has 0 radical (unpaired) electrons. The van der Waals surface area contributed by atoms with Crippen molar-refractivity contribution in [2.75, 3.05) is 44.3 Å². The van der Waals surface area contributed by atoms with Crippen molar-refractivity contribution >= 4 is 5.69 Å². The molecule has 3 rings (SSSR count). The van der Waals surface area contributed by atoms with E-state index in [0.29, 0.717) is 19.7 Å². The van der Waals surface area contributed by atoms with Gasteiger partial charge in [-0.2, -0.15) is 0 Å². The first-order chi connectivity index (χ1) is 13.2. The Bertz CT molecular complexity index is 735. The number of aliphatic hydroxyl groups is 1. The SMILES string of the molecule is OCCN(Cc1ccc(OCCN2CCCC2)c(F)c1)c1cccc(O)c1. The van der Waals surface area contributed by atoms with Crippen LogP contribution >= 0.6 is 0 Å². The van der Waals surface area contributed by atoms with Gasteiger partial charge in [0, 0.05) is 31.4 Å². The molecule has 1 fully saturated rings. The van der Waals surface area contributed by atoms with Crippen LogP contribution in [-0.2, 0) is 6.54 Å². The number of halogens is 1. The van der Waals surface area contributed by atoms with E-state index in [-0.39, 0.29) is 23.9 Å². The summed E-state index contributed by atoms with van der Waals surface area (Å²) in [6.07, 6.45) is 2.46. The van der Waals surface area contributed by atoms with Crippen molar-refractivity contribution in [3.8, 4) is 11.5 Å². The van der Waals surface area contributed by atoms with Gasteiger partial charge in [-0.1, -0.05) is 12.1 Å². The molecule has 0 atom stereocenters. The Labute approximate surface area is 159 Å². The van der Waals surface area contributed by atoms with E-state index in [4.69, 9.17) is 4.74 Å². The van der Waals surface area contributed by atoms with Crippen molar-refractivity contribution in [3.63, 3.8) is 0 Å². The van der Waals surface area contributed by atoms with Crippen LogP contribution in [0.4, 0.5) is 10.1 Å². The molecule has 0 saturated carbocycles. The molecular weight excluding hydrogens is 347 g/mol. The van der Waals surface area contributed by atoms with Crippen LogP contribution in [0.1, 0.15) is 18.4 Å². The topological polar surface area (TPSA) is 56.2 Å². The van der Waals surface area contributed by atoms with Gasteiger partial charge in [0.25, 0.3) is 0 Å². The molecule has 1 aliphatic rings. The van der Waals surface area contributed by atoms with E-state index in [1.165, 1.54) is 18.9 Å². The molecule has 1 saturated heterocycles. The summed E-state index contributed by atoms with van der Waals surface area (Å²) < 4.78 is 20.0. The number of hydrogen-bond donors (Lipinski definition) is 2. The maximum atomic E-state index is 14.4. The van der Waals surface area contributed by atoms with E-state index < -0.39 is 0 Å². The highest BCUT2D eigenvalue weighted by atomic mass is 19.1. The van der Waals surface area contributed by atoms with Gasteiger partial charge in [0.1, 0.15) is 12.4 Å². The third-order valence-corrected chi connectivity index (χ3v) is 4.80. The Kier molecular flexibility index (Phi) is 6.90. The maximum absolute atomic E-state index is 14.4. The Balaban J connectivity index is 1.61. The van der Waals surface area contributed by atoms with Crippen molar-refractivity contribution in [2.45, 2.75) is 19.4 Å². The zero-order valence-corrected chi connectivity index (χ0v) is 15.5. The van der Waals surface area contributed by atoms with Crippen LogP contribution in [-0.4, -0.2) is 54.5 Å². The molecule has 0 aromatic heterocycles. The number of aromatic hydroxyl groups is 1. The van der Waals surface area contributed by atoms with Crippen molar-refractivity contribution in [2.24, 2.45) is 0 Å². The molecule has 6 heteroatoms. The number of phenolic OH excluding ortho intramolecular Hbond substituents is 1. The Hall–Kier alpha value is -2.31. The fourth-order valence-corrected chi connectivity index (χ4v) is 3.38. The second-order valence-electron chi connectivity index (χ2n) is 6.83. The van der Waals surface area contributed by atoms with Gasteiger partial charge in [0.05, 0.1) is 6.61 Å². The zero-order chi connectivity index (χ0) is 19.1.